The lowest BCUT2D eigenvalue weighted by atomic mass is 9.68. The molecule has 2 aliphatic carbocycles. The third-order valence-corrected chi connectivity index (χ3v) is 7.98. The van der Waals surface area contributed by atoms with E-state index in [4.69, 9.17) is 15.2 Å². The van der Waals surface area contributed by atoms with Crippen molar-refractivity contribution in [3.05, 3.63) is 57.6 Å². The number of hydrogen-bond acceptors (Lipinski definition) is 10. The van der Waals surface area contributed by atoms with Crippen molar-refractivity contribution in [3.63, 3.8) is 0 Å². The summed E-state index contributed by atoms with van der Waals surface area (Å²) in [6, 6.07) is 5.46. The standard InChI is InChI=1S/C27H31NO9/c1-11-21(29)15(28)8-17(36-11)37-16-10-27(35,26(2,3)34)9-14-18(16)25(33)20-19(24(14)32)22(30)12-6-4-5-7-13(12)23(20)31/h4-7,11,15-17,21,29,32-35H,8-10,28H2,1-3H3/t11-,15-,16-,17-,21+,27-/m0/s1. The van der Waals surface area contributed by atoms with Crippen LogP contribution in [-0.2, 0) is 15.9 Å². The van der Waals surface area contributed by atoms with Gasteiger partial charge in [-0.2, -0.15) is 0 Å². The molecule has 6 atom stereocenters. The first-order valence-corrected chi connectivity index (χ1v) is 12.2. The molecule has 0 radical (unpaired) electrons. The summed E-state index contributed by atoms with van der Waals surface area (Å²) < 4.78 is 11.9. The highest BCUT2D eigenvalue weighted by Gasteiger charge is 2.52. The van der Waals surface area contributed by atoms with Crippen LogP contribution in [0.3, 0.4) is 0 Å². The predicted molar refractivity (Wildman–Crippen MR) is 129 cm³/mol. The lowest BCUT2D eigenvalue weighted by molar-refractivity contribution is -0.254. The van der Waals surface area contributed by atoms with Crippen LogP contribution in [0.4, 0.5) is 0 Å². The highest BCUT2D eigenvalue weighted by Crippen LogP contribution is 2.53. The monoisotopic (exact) mass is 513 g/mol. The number of hydrogen-bond donors (Lipinski definition) is 6. The van der Waals surface area contributed by atoms with Crippen LogP contribution in [0.2, 0.25) is 0 Å². The molecular formula is C27H31NO9. The van der Waals surface area contributed by atoms with Crippen molar-refractivity contribution >= 4 is 11.6 Å². The Morgan fingerprint density at radius 1 is 1.08 bits per heavy atom. The predicted octanol–water partition coefficient (Wildman–Crippen LogP) is 1.20. The van der Waals surface area contributed by atoms with Crippen LogP contribution in [-0.4, -0.2) is 72.8 Å². The molecular weight excluding hydrogens is 482 g/mol. The number of carbonyl (C=O) groups is 2. The van der Waals surface area contributed by atoms with Gasteiger partial charge >= 0.3 is 0 Å². The van der Waals surface area contributed by atoms with E-state index in [2.05, 4.69) is 0 Å². The molecule has 10 nitrogen and oxygen atoms in total. The Morgan fingerprint density at radius 3 is 2.19 bits per heavy atom. The Kier molecular flexibility index (Phi) is 5.98. The van der Waals surface area contributed by atoms with Gasteiger partial charge in [-0.05, 0) is 20.8 Å². The van der Waals surface area contributed by atoms with Gasteiger partial charge in [0.05, 0.1) is 40.6 Å². The number of nitrogens with two attached hydrogens (primary N) is 1. The van der Waals surface area contributed by atoms with Gasteiger partial charge in [0.1, 0.15) is 11.5 Å². The topological polar surface area (TPSA) is 180 Å². The van der Waals surface area contributed by atoms with Crippen molar-refractivity contribution in [2.24, 2.45) is 5.73 Å². The maximum atomic E-state index is 13.4. The van der Waals surface area contributed by atoms with Gasteiger partial charge in [0.25, 0.3) is 0 Å². The highest BCUT2D eigenvalue weighted by atomic mass is 16.7. The second-order valence-electron chi connectivity index (χ2n) is 10.8. The lowest BCUT2D eigenvalue weighted by Crippen LogP contribution is -2.56. The van der Waals surface area contributed by atoms with Crippen LogP contribution in [0.5, 0.6) is 11.5 Å². The normalized spacial score (nSPS) is 31.5. The van der Waals surface area contributed by atoms with Gasteiger partial charge in [0.15, 0.2) is 17.9 Å². The van der Waals surface area contributed by atoms with Crippen LogP contribution in [0, 0.1) is 0 Å². The maximum absolute atomic E-state index is 13.4. The Bertz CT molecular complexity index is 1290. The molecule has 1 saturated heterocycles. The van der Waals surface area contributed by atoms with E-state index in [-0.39, 0.29) is 52.6 Å². The van der Waals surface area contributed by atoms with Crippen molar-refractivity contribution in [3.8, 4) is 11.5 Å². The molecule has 2 aromatic rings. The minimum Gasteiger partial charge on any atom is -0.507 e. The molecule has 0 spiro atoms. The van der Waals surface area contributed by atoms with Gasteiger partial charge in [-0.15, -0.1) is 0 Å². The molecule has 0 saturated carbocycles. The molecule has 1 heterocycles. The molecule has 10 heteroatoms. The van der Waals surface area contributed by atoms with Crippen LogP contribution in [0.15, 0.2) is 24.3 Å². The number of rotatable bonds is 3. The number of phenols is 2. The second-order valence-corrected chi connectivity index (χ2v) is 10.8. The summed E-state index contributed by atoms with van der Waals surface area (Å²) in [5.41, 5.74) is 2.03. The zero-order valence-corrected chi connectivity index (χ0v) is 20.8. The first kappa shape index (κ1) is 25.8. The number of aliphatic hydroxyl groups excluding tert-OH is 1. The van der Waals surface area contributed by atoms with E-state index in [1.807, 2.05) is 0 Å². The number of ether oxygens (including phenoxy) is 2. The molecule has 0 aromatic heterocycles. The fraction of sp³-hybridized carbons (Fsp3) is 0.481. The zero-order valence-electron chi connectivity index (χ0n) is 20.8. The molecule has 2 aromatic carbocycles. The number of aliphatic hydroxyl groups is 3. The Labute approximate surface area is 213 Å². The van der Waals surface area contributed by atoms with E-state index in [0.29, 0.717) is 0 Å². The Balaban J connectivity index is 1.68. The molecule has 37 heavy (non-hydrogen) atoms. The van der Waals surface area contributed by atoms with E-state index in [1.54, 1.807) is 19.1 Å². The molecule has 1 aliphatic heterocycles. The van der Waals surface area contributed by atoms with Gasteiger partial charge < -0.3 is 40.7 Å². The number of fused-ring (bicyclic) bond motifs is 3. The number of carbonyl (C=O) groups excluding carboxylic acids is 2. The molecule has 0 bridgehead atoms. The molecule has 7 N–H and O–H groups in total. The van der Waals surface area contributed by atoms with Crippen LogP contribution in [0.1, 0.15) is 82.7 Å². The summed E-state index contributed by atoms with van der Waals surface area (Å²) in [6.07, 6.45) is -4.13. The fourth-order valence-electron chi connectivity index (χ4n) is 5.62. The summed E-state index contributed by atoms with van der Waals surface area (Å²) in [6.45, 7) is 4.44. The van der Waals surface area contributed by atoms with E-state index in [0.717, 1.165) is 0 Å². The summed E-state index contributed by atoms with van der Waals surface area (Å²) in [5.74, 6) is -2.36. The van der Waals surface area contributed by atoms with Gasteiger partial charge in [0, 0.05) is 47.6 Å². The molecule has 198 valence electrons. The van der Waals surface area contributed by atoms with Gasteiger partial charge in [-0.25, -0.2) is 0 Å². The molecule has 0 amide bonds. The van der Waals surface area contributed by atoms with E-state index >= 15 is 0 Å². The molecule has 1 fully saturated rings. The first-order chi connectivity index (χ1) is 17.2. The number of ketones is 2. The van der Waals surface area contributed by atoms with Crippen LogP contribution in [0.25, 0.3) is 0 Å². The highest BCUT2D eigenvalue weighted by molar-refractivity contribution is 6.30. The zero-order chi connectivity index (χ0) is 27.0. The lowest BCUT2D eigenvalue weighted by Gasteiger charge is -2.47. The third kappa shape index (κ3) is 3.87. The summed E-state index contributed by atoms with van der Waals surface area (Å²) in [4.78, 5) is 26.7. The van der Waals surface area contributed by atoms with Gasteiger partial charge in [-0.3, -0.25) is 9.59 Å². The average Bonchev–Trinajstić information content (AvgIpc) is 2.82. The molecule has 5 rings (SSSR count). The van der Waals surface area contributed by atoms with Crippen molar-refractivity contribution in [2.75, 3.05) is 0 Å². The van der Waals surface area contributed by atoms with Crippen molar-refractivity contribution in [1.29, 1.82) is 0 Å². The minimum atomic E-state index is -1.84. The summed E-state index contributed by atoms with van der Waals surface area (Å²) in [5, 5.41) is 55.3. The van der Waals surface area contributed by atoms with Crippen molar-refractivity contribution in [1.82, 2.24) is 0 Å². The van der Waals surface area contributed by atoms with E-state index in [1.165, 1.54) is 26.0 Å². The van der Waals surface area contributed by atoms with Crippen molar-refractivity contribution < 1.29 is 44.6 Å². The smallest absolute Gasteiger partial charge is 0.198 e. The second kappa shape index (κ2) is 8.59. The average molecular weight is 514 g/mol. The SMILES string of the molecule is C[C@@H]1O[C@@H](O[C@H]2C[C@](O)(C(C)(C)O)Cc3c(O)c4c(c(O)c32)C(=O)c2ccccc2C4=O)C[C@H](N)[C@@H]1O. The first-order valence-electron chi connectivity index (χ1n) is 12.2. The minimum absolute atomic E-state index is 0.00847. The fourth-order valence-corrected chi connectivity index (χ4v) is 5.62. The van der Waals surface area contributed by atoms with Crippen molar-refractivity contribution in [2.45, 2.75) is 81.9 Å². The van der Waals surface area contributed by atoms with Crippen LogP contribution >= 0.6 is 0 Å². The molecule has 3 aliphatic rings. The van der Waals surface area contributed by atoms with Gasteiger partial charge in [0.2, 0.25) is 0 Å². The Morgan fingerprint density at radius 2 is 1.65 bits per heavy atom. The number of aromatic hydroxyl groups is 2. The Hall–Kier alpha value is -2.86. The van der Waals surface area contributed by atoms with E-state index < -0.39 is 64.9 Å². The largest absolute Gasteiger partial charge is 0.507 e. The number of phenolic OH excluding ortho intramolecular Hbond substituents is 2. The van der Waals surface area contributed by atoms with E-state index in [9.17, 15) is 35.1 Å². The van der Waals surface area contributed by atoms with Crippen LogP contribution < -0.4 is 5.73 Å². The molecule has 0 unspecified atom stereocenters. The maximum Gasteiger partial charge on any atom is 0.198 e. The third-order valence-electron chi connectivity index (χ3n) is 7.98. The summed E-state index contributed by atoms with van der Waals surface area (Å²) >= 11 is 0. The number of benzene rings is 2. The summed E-state index contributed by atoms with van der Waals surface area (Å²) in [7, 11) is 0. The quantitative estimate of drug-likeness (QED) is 0.279. The van der Waals surface area contributed by atoms with Gasteiger partial charge in [-0.1, -0.05) is 24.3 Å².